The Balaban J connectivity index is 3.30. The fourth-order valence-electron chi connectivity index (χ4n) is 1.96. The summed E-state index contributed by atoms with van der Waals surface area (Å²) in [6.07, 6.45) is 0.482. The summed E-state index contributed by atoms with van der Waals surface area (Å²) in [5, 5.41) is 20.0. The molecule has 1 aromatic rings. The van der Waals surface area contributed by atoms with Crippen LogP contribution in [0.25, 0.3) is 0 Å². The zero-order chi connectivity index (χ0) is 15.3. The van der Waals surface area contributed by atoms with Crippen molar-refractivity contribution >= 4 is 17.3 Å². The zero-order valence-electron chi connectivity index (χ0n) is 11.6. The summed E-state index contributed by atoms with van der Waals surface area (Å²) in [5.41, 5.74) is 5.70. The first-order valence-electron chi connectivity index (χ1n) is 6.34. The fraction of sp³-hybridized carbons (Fsp3) is 0.462. The predicted octanol–water partition coefficient (Wildman–Crippen LogP) is 1.29. The van der Waals surface area contributed by atoms with E-state index in [1.54, 1.807) is 4.90 Å². The number of amides is 1. The molecule has 20 heavy (non-hydrogen) atoms. The van der Waals surface area contributed by atoms with Crippen molar-refractivity contribution in [1.29, 1.82) is 0 Å². The van der Waals surface area contributed by atoms with Gasteiger partial charge in [-0.25, -0.2) is 0 Å². The van der Waals surface area contributed by atoms with Gasteiger partial charge in [-0.15, -0.1) is 0 Å². The van der Waals surface area contributed by atoms with Crippen LogP contribution in [0.15, 0.2) is 18.2 Å². The Morgan fingerprint density at radius 2 is 2.15 bits per heavy atom. The standard InChI is InChI=1S/C13H19N3O4/c1-9(2)15(6-3-7-17)12-8-10(13(14)18)4-5-11(12)16(19)20/h4-5,8-9,17H,3,6-7H2,1-2H3,(H2,14,18). The third-order valence-electron chi connectivity index (χ3n) is 2.95. The third-order valence-corrected chi connectivity index (χ3v) is 2.95. The van der Waals surface area contributed by atoms with Gasteiger partial charge in [0.15, 0.2) is 0 Å². The molecule has 0 saturated heterocycles. The zero-order valence-corrected chi connectivity index (χ0v) is 11.6. The van der Waals surface area contributed by atoms with Gasteiger partial charge >= 0.3 is 0 Å². The average Bonchev–Trinajstić information content (AvgIpc) is 2.38. The summed E-state index contributed by atoms with van der Waals surface area (Å²) in [5.74, 6) is -0.632. The molecule has 0 aliphatic heterocycles. The van der Waals surface area contributed by atoms with Gasteiger partial charge in [-0.2, -0.15) is 0 Å². The first-order chi connectivity index (χ1) is 9.38. The molecule has 110 valence electrons. The van der Waals surface area contributed by atoms with E-state index in [0.29, 0.717) is 18.7 Å². The van der Waals surface area contributed by atoms with Crippen molar-refractivity contribution < 1.29 is 14.8 Å². The SMILES string of the molecule is CC(C)N(CCCO)c1cc(C(N)=O)ccc1[N+](=O)[O-]. The second-order valence-electron chi connectivity index (χ2n) is 4.69. The number of hydrogen-bond acceptors (Lipinski definition) is 5. The molecule has 0 bridgehead atoms. The molecule has 3 N–H and O–H groups in total. The highest BCUT2D eigenvalue weighted by molar-refractivity contribution is 5.94. The molecule has 0 fully saturated rings. The van der Waals surface area contributed by atoms with Crippen LogP contribution in [-0.2, 0) is 0 Å². The number of nitrogens with zero attached hydrogens (tertiary/aromatic N) is 2. The summed E-state index contributed by atoms with van der Waals surface area (Å²) in [6.45, 7) is 4.22. The van der Waals surface area contributed by atoms with Crippen molar-refractivity contribution in [3.8, 4) is 0 Å². The van der Waals surface area contributed by atoms with E-state index in [1.165, 1.54) is 18.2 Å². The summed E-state index contributed by atoms with van der Waals surface area (Å²) in [7, 11) is 0. The highest BCUT2D eigenvalue weighted by Gasteiger charge is 2.22. The molecule has 0 radical (unpaired) electrons. The lowest BCUT2D eigenvalue weighted by Gasteiger charge is -2.28. The highest BCUT2D eigenvalue weighted by atomic mass is 16.6. The quantitative estimate of drug-likeness (QED) is 0.578. The summed E-state index contributed by atoms with van der Waals surface area (Å²) in [6, 6.07) is 4.04. The van der Waals surface area contributed by atoms with E-state index in [4.69, 9.17) is 10.8 Å². The second-order valence-corrected chi connectivity index (χ2v) is 4.69. The van der Waals surface area contributed by atoms with Crippen LogP contribution in [0.4, 0.5) is 11.4 Å². The average molecular weight is 281 g/mol. The third kappa shape index (κ3) is 3.67. The lowest BCUT2D eigenvalue weighted by atomic mass is 10.1. The van der Waals surface area contributed by atoms with Gasteiger partial charge in [-0.1, -0.05) is 0 Å². The molecule has 1 rings (SSSR count). The fourth-order valence-corrected chi connectivity index (χ4v) is 1.96. The van der Waals surface area contributed by atoms with E-state index < -0.39 is 10.8 Å². The van der Waals surface area contributed by atoms with Gasteiger partial charge in [0.2, 0.25) is 5.91 Å². The molecule has 0 saturated carbocycles. The molecule has 0 aromatic heterocycles. The highest BCUT2D eigenvalue weighted by Crippen LogP contribution is 2.30. The summed E-state index contributed by atoms with van der Waals surface area (Å²) in [4.78, 5) is 23.6. The van der Waals surface area contributed by atoms with E-state index in [2.05, 4.69) is 0 Å². The maximum absolute atomic E-state index is 11.2. The Labute approximate surface area is 117 Å². The van der Waals surface area contributed by atoms with E-state index in [9.17, 15) is 14.9 Å². The monoisotopic (exact) mass is 281 g/mol. The first-order valence-corrected chi connectivity index (χ1v) is 6.34. The molecule has 0 unspecified atom stereocenters. The normalized spacial score (nSPS) is 10.6. The van der Waals surface area contributed by atoms with Crippen LogP contribution in [-0.4, -0.2) is 35.1 Å². The number of primary amides is 1. The number of nitro groups is 1. The number of nitrogens with two attached hydrogens (primary N) is 1. The van der Waals surface area contributed by atoms with Gasteiger partial charge in [-0.3, -0.25) is 14.9 Å². The van der Waals surface area contributed by atoms with Gasteiger partial charge in [0.05, 0.1) is 4.92 Å². The van der Waals surface area contributed by atoms with Gasteiger partial charge in [-0.05, 0) is 32.4 Å². The number of rotatable bonds is 7. The molecular formula is C13H19N3O4. The maximum Gasteiger partial charge on any atom is 0.292 e. The number of nitro benzene ring substituents is 1. The number of anilines is 1. The minimum absolute atomic E-state index is 0.00741. The summed E-state index contributed by atoms with van der Waals surface area (Å²) < 4.78 is 0. The van der Waals surface area contributed by atoms with Gasteiger partial charge in [0, 0.05) is 30.8 Å². The molecule has 7 nitrogen and oxygen atoms in total. The molecule has 1 amide bonds. The Kier molecular flexibility index (Phi) is 5.45. The van der Waals surface area contributed by atoms with E-state index in [0.717, 1.165) is 0 Å². The minimum atomic E-state index is -0.632. The van der Waals surface area contributed by atoms with E-state index >= 15 is 0 Å². The summed E-state index contributed by atoms with van der Waals surface area (Å²) >= 11 is 0. The number of benzene rings is 1. The number of hydrogen-bond donors (Lipinski definition) is 2. The number of aliphatic hydroxyl groups is 1. The molecule has 0 aliphatic carbocycles. The largest absolute Gasteiger partial charge is 0.396 e. The molecule has 0 atom stereocenters. The van der Waals surface area contributed by atoms with Crippen LogP contribution in [0.5, 0.6) is 0 Å². The number of carbonyl (C=O) groups excluding carboxylic acids is 1. The molecular weight excluding hydrogens is 262 g/mol. The van der Waals surface area contributed by atoms with Crippen LogP contribution >= 0.6 is 0 Å². The Hall–Kier alpha value is -2.15. The first kappa shape index (κ1) is 15.9. The molecule has 7 heteroatoms. The van der Waals surface area contributed by atoms with Crippen molar-refractivity contribution in [3.63, 3.8) is 0 Å². The number of aliphatic hydroxyl groups excluding tert-OH is 1. The topological polar surface area (TPSA) is 110 Å². The van der Waals surface area contributed by atoms with Crippen molar-refractivity contribution in [2.45, 2.75) is 26.3 Å². The second kappa shape index (κ2) is 6.85. The van der Waals surface area contributed by atoms with E-state index in [-0.39, 0.29) is 23.9 Å². The van der Waals surface area contributed by atoms with Gasteiger partial charge in [0.1, 0.15) is 5.69 Å². The van der Waals surface area contributed by atoms with Crippen LogP contribution in [0.2, 0.25) is 0 Å². The Bertz CT molecular complexity index is 502. The molecule has 0 spiro atoms. The Morgan fingerprint density at radius 3 is 2.60 bits per heavy atom. The maximum atomic E-state index is 11.2. The van der Waals surface area contributed by atoms with E-state index in [1.807, 2.05) is 13.8 Å². The van der Waals surface area contributed by atoms with Crippen LogP contribution in [0.1, 0.15) is 30.6 Å². The lowest BCUT2D eigenvalue weighted by Crippen LogP contribution is -2.33. The lowest BCUT2D eigenvalue weighted by molar-refractivity contribution is -0.384. The smallest absolute Gasteiger partial charge is 0.292 e. The minimum Gasteiger partial charge on any atom is -0.396 e. The molecule has 0 heterocycles. The van der Waals surface area contributed by atoms with Crippen molar-refractivity contribution in [2.24, 2.45) is 5.73 Å². The van der Waals surface area contributed by atoms with Crippen LogP contribution in [0.3, 0.4) is 0 Å². The number of carbonyl (C=O) groups is 1. The van der Waals surface area contributed by atoms with Crippen molar-refractivity contribution in [1.82, 2.24) is 0 Å². The molecule has 1 aromatic carbocycles. The van der Waals surface area contributed by atoms with Gasteiger partial charge in [0.25, 0.3) is 5.69 Å². The van der Waals surface area contributed by atoms with Crippen LogP contribution < -0.4 is 10.6 Å². The van der Waals surface area contributed by atoms with Crippen molar-refractivity contribution in [3.05, 3.63) is 33.9 Å². The van der Waals surface area contributed by atoms with Crippen LogP contribution in [0, 0.1) is 10.1 Å². The van der Waals surface area contributed by atoms with Crippen molar-refractivity contribution in [2.75, 3.05) is 18.1 Å². The molecule has 0 aliphatic rings. The predicted molar refractivity (Wildman–Crippen MR) is 75.8 cm³/mol. The Morgan fingerprint density at radius 1 is 1.50 bits per heavy atom. The van der Waals surface area contributed by atoms with Gasteiger partial charge < -0.3 is 15.7 Å².